The van der Waals surface area contributed by atoms with Crippen LogP contribution in [0.1, 0.15) is 29.9 Å². The summed E-state index contributed by atoms with van der Waals surface area (Å²) in [5.41, 5.74) is 6.28. The van der Waals surface area contributed by atoms with Gasteiger partial charge in [-0.1, -0.05) is 48.5 Å². The van der Waals surface area contributed by atoms with Crippen molar-refractivity contribution in [2.75, 3.05) is 19.7 Å². The van der Waals surface area contributed by atoms with Crippen molar-refractivity contribution in [3.63, 3.8) is 0 Å². The van der Waals surface area contributed by atoms with Gasteiger partial charge in [0.15, 0.2) is 0 Å². The van der Waals surface area contributed by atoms with E-state index in [1.165, 1.54) is 0 Å². The SMILES string of the molecule is O=C(O)C1CC2=C(CC1C(=O)O)CN(C(=O)OCC1c3ccccc3-c3ccccc31)C2. The molecule has 1 heterocycles. The molecule has 0 aromatic heterocycles. The molecule has 32 heavy (non-hydrogen) atoms. The van der Waals surface area contributed by atoms with Gasteiger partial charge >= 0.3 is 18.0 Å². The van der Waals surface area contributed by atoms with Gasteiger partial charge in [0.1, 0.15) is 6.61 Å². The van der Waals surface area contributed by atoms with Gasteiger partial charge in [-0.3, -0.25) is 9.59 Å². The molecule has 2 aromatic rings. The highest BCUT2D eigenvalue weighted by molar-refractivity contribution is 5.82. The van der Waals surface area contributed by atoms with Crippen LogP contribution in [0.2, 0.25) is 0 Å². The lowest BCUT2D eigenvalue weighted by atomic mass is 9.76. The first kappa shape index (κ1) is 20.3. The number of carboxylic acid groups (broad SMARTS) is 2. The fourth-order valence-electron chi connectivity index (χ4n) is 5.31. The van der Waals surface area contributed by atoms with E-state index < -0.39 is 29.9 Å². The average molecular weight is 433 g/mol. The summed E-state index contributed by atoms with van der Waals surface area (Å²) in [7, 11) is 0. The lowest BCUT2D eigenvalue weighted by Gasteiger charge is -2.26. The third kappa shape index (κ3) is 3.34. The van der Waals surface area contributed by atoms with Gasteiger partial charge in [-0.2, -0.15) is 0 Å². The molecule has 0 bridgehead atoms. The topological polar surface area (TPSA) is 104 Å². The summed E-state index contributed by atoms with van der Waals surface area (Å²) >= 11 is 0. The van der Waals surface area contributed by atoms with Crippen molar-refractivity contribution in [1.82, 2.24) is 4.90 Å². The summed E-state index contributed by atoms with van der Waals surface area (Å²) in [4.78, 5) is 37.5. The van der Waals surface area contributed by atoms with Crippen LogP contribution in [0.5, 0.6) is 0 Å². The second-order valence-corrected chi connectivity index (χ2v) is 8.66. The molecule has 0 radical (unpaired) electrons. The number of hydrogen-bond donors (Lipinski definition) is 2. The largest absolute Gasteiger partial charge is 0.481 e. The molecular formula is C25H23NO6. The van der Waals surface area contributed by atoms with E-state index in [-0.39, 0.29) is 25.4 Å². The minimum absolute atomic E-state index is 0.0377. The van der Waals surface area contributed by atoms with Crippen LogP contribution in [0.25, 0.3) is 11.1 Å². The summed E-state index contributed by atoms with van der Waals surface area (Å²) in [5.74, 6) is -4.18. The Kier molecular flexibility index (Phi) is 4.96. The number of aliphatic carboxylic acids is 2. The first-order valence-electron chi connectivity index (χ1n) is 10.7. The second-order valence-electron chi connectivity index (χ2n) is 8.66. The van der Waals surface area contributed by atoms with Crippen molar-refractivity contribution >= 4 is 18.0 Å². The van der Waals surface area contributed by atoms with Crippen molar-refractivity contribution in [3.8, 4) is 11.1 Å². The van der Waals surface area contributed by atoms with E-state index in [9.17, 15) is 24.6 Å². The van der Waals surface area contributed by atoms with Gasteiger partial charge in [-0.05, 0) is 46.2 Å². The number of benzene rings is 2. The Morgan fingerprint density at radius 2 is 1.28 bits per heavy atom. The molecule has 0 spiro atoms. The fraction of sp³-hybridized carbons (Fsp3) is 0.320. The number of rotatable bonds is 4. The predicted octanol–water partition coefficient (Wildman–Crippen LogP) is 3.74. The van der Waals surface area contributed by atoms with Gasteiger partial charge in [-0.15, -0.1) is 0 Å². The third-order valence-corrected chi connectivity index (χ3v) is 6.91. The average Bonchev–Trinajstić information content (AvgIpc) is 3.35. The summed E-state index contributed by atoms with van der Waals surface area (Å²) in [6.45, 7) is 0.799. The predicted molar refractivity (Wildman–Crippen MR) is 115 cm³/mol. The number of ether oxygens (including phenoxy) is 1. The zero-order valence-corrected chi connectivity index (χ0v) is 17.4. The van der Waals surface area contributed by atoms with Crippen LogP contribution in [-0.2, 0) is 14.3 Å². The van der Waals surface area contributed by atoms with Crippen LogP contribution in [-0.4, -0.2) is 52.8 Å². The number of carbonyl (C=O) groups is 3. The molecule has 1 aliphatic heterocycles. The lowest BCUT2D eigenvalue weighted by molar-refractivity contribution is -0.154. The summed E-state index contributed by atoms with van der Waals surface area (Å²) in [5, 5.41) is 18.9. The molecule has 3 aliphatic rings. The Morgan fingerprint density at radius 1 is 0.812 bits per heavy atom. The number of nitrogens with zero attached hydrogens (tertiary/aromatic N) is 1. The highest BCUT2D eigenvalue weighted by atomic mass is 16.6. The Bertz CT molecular complexity index is 1070. The zero-order chi connectivity index (χ0) is 22.4. The number of fused-ring (bicyclic) bond motifs is 3. The fourth-order valence-corrected chi connectivity index (χ4v) is 5.31. The zero-order valence-electron chi connectivity index (χ0n) is 17.4. The van der Waals surface area contributed by atoms with Gasteiger partial charge in [0.05, 0.1) is 11.8 Å². The van der Waals surface area contributed by atoms with Gasteiger partial charge in [0.25, 0.3) is 0 Å². The van der Waals surface area contributed by atoms with Crippen LogP contribution >= 0.6 is 0 Å². The Hall–Kier alpha value is -3.61. The number of amides is 1. The van der Waals surface area contributed by atoms with E-state index in [1.807, 2.05) is 24.3 Å². The molecule has 2 aromatic carbocycles. The van der Waals surface area contributed by atoms with E-state index in [0.29, 0.717) is 13.1 Å². The summed E-state index contributed by atoms with van der Waals surface area (Å²) < 4.78 is 5.71. The highest BCUT2D eigenvalue weighted by Gasteiger charge is 2.42. The normalized spacial score (nSPS) is 21.7. The molecule has 2 unspecified atom stereocenters. The molecule has 5 rings (SSSR count). The molecule has 2 atom stereocenters. The minimum atomic E-state index is -1.11. The maximum absolute atomic E-state index is 12.8. The third-order valence-electron chi connectivity index (χ3n) is 6.91. The molecule has 0 saturated heterocycles. The van der Waals surface area contributed by atoms with Gasteiger partial charge < -0.3 is 19.8 Å². The van der Waals surface area contributed by atoms with E-state index in [1.54, 1.807) is 4.90 Å². The standard InChI is InChI=1S/C25H23NO6/c27-23(28)20-9-14-11-26(12-15(14)10-21(20)24(29)30)25(31)32-13-22-18-7-3-1-5-16(18)17-6-2-4-8-19(17)22/h1-8,20-22H,9-13H2,(H,27,28)(H,29,30). The number of hydrogen-bond acceptors (Lipinski definition) is 4. The van der Waals surface area contributed by atoms with Crippen LogP contribution in [0.15, 0.2) is 59.7 Å². The Labute approximate surface area is 184 Å². The van der Waals surface area contributed by atoms with Crippen LogP contribution in [0, 0.1) is 11.8 Å². The van der Waals surface area contributed by atoms with Gasteiger partial charge in [-0.25, -0.2) is 4.79 Å². The van der Waals surface area contributed by atoms with Crippen LogP contribution < -0.4 is 0 Å². The minimum Gasteiger partial charge on any atom is -0.481 e. The Morgan fingerprint density at radius 3 is 1.75 bits per heavy atom. The maximum atomic E-state index is 12.8. The lowest BCUT2D eigenvalue weighted by Crippen LogP contribution is -2.33. The maximum Gasteiger partial charge on any atom is 0.410 e. The van der Waals surface area contributed by atoms with Crippen molar-refractivity contribution in [2.24, 2.45) is 11.8 Å². The quantitative estimate of drug-likeness (QED) is 0.712. The summed E-state index contributed by atoms with van der Waals surface area (Å²) in [6.07, 6.45) is -0.135. The number of carbonyl (C=O) groups excluding carboxylic acids is 1. The first-order chi connectivity index (χ1) is 15.4. The van der Waals surface area contributed by atoms with Crippen molar-refractivity contribution in [1.29, 1.82) is 0 Å². The smallest absolute Gasteiger partial charge is 0.410 e. The van der Waals surface area contributed by atoms with E-state index in [0.717, 1.165) is 33.4 Å². The van der Waals surface area contributed by atoms with E-state index in [2.05, 4.69) is 24.3 Å². The number of carboxylic acids is 2. The second kappa shape index (κ2) is 7.82. The van der Waals surface area contributed by atoms with E-state index >= 15 is 0 Å². The molecule has 0 saturated carbocycles. The van der Waals surface area contributed by atoms with Gasteiger partial charge in [0, 0.05) is 19.0 Å². The Balaban J connectivity index is 1.27. The molecule has 2 N–H and O–H groups in total. The monoisotopic (exact) mass is 433 g/mol. The van der Waals surface area contributed by atoms with E-state index in [4.69, 9.17) is 4.74 Å². The molecule has 2 aliphatic carbocycles. The molecule has 1 amide bonds. The van der Waals surface area contributed by atoms with Crippen LogP contribution in [0.3, 0.4) is 0 Å². The first-order valence-corrected chi connectivity index (χ1v) is 10.7. The highest BCUT2D eigenvalue weighted by Crippen LogP contribution is 2.45. The molecule has 7 nitrogen and oxygen atoms in total. The van der Waals surface area contributed by atoms with Gasteiger partial charge in [0.2, 0.25) is 0 Å². The molecule has 7 heteroatoms. The van der Waals surface area contributed by atoms with Crippen molar-refractivity contribution in [2.45, 2.75) is 18.8 Å². The summed E-state index contributed by atoms with van der Waals surface area (Å²) in [6, 6.07) is 16.2. The molecular weight excluding hydrogens is 410 g/mol. The molecule has 164 valence electrons. The van der Waals surface area contributed by atoms with Crippen molar-refractivity contribution < 1.29 is 29.3 Å². The molecule has 0 fully saturated rings. The van der Waals surface area contributed by atoms with Crippen LogP contribution in [0.4, 0.5) is 4.79 Å². The van der Waals surface area contributed by atoms with Crippen molar-refractivity contribution in [3.05, 3.63) is 70.8 Å².